The highest BCUT2D eigenvalue weighted by Crippen LogP contribution is 2.44. The van der Waals surface area contributed by atoms with Crippen molar-refractivity contribution in [2.75, 3.05) is 0 Å². The molecular weight excluding hydrogens is 336 g/mol. The van der Waals surface area contributed by atoms with Crippen LogP contribution in [0.25, 0.3) is 0 Å². The standard InChI is InChI=1S/C20H32O6/c1-2-3-6-9-15(24-23)12-13-17-16(18-14-19(17)26-25-18)10-7-4-5-8-11-20(21)22/h4,7,12-13,15-19,23H,2-3,5-6,8-11,14H2,1H3,(H,21,22)/t15-,16+,17+,18-,19+/m0/s1. The lowest BCUT2D eigenvalue weighted by atomic mass is 9.89. The Kier molecular flexibility index (Phi) is 9.32. The largest absolute Gasteiger partial charge is 0.481 e. The number of aliphatic carboxylic acids is 1. The van der Waals surface area contributed by atoms with Gasteiger partial charge in [0.1, 0.15) is 12.2 Å². The number of rotatable bonds is 13. The lowest BCUT2D eigenvalue weighted by molar-refractivity contribution is -0.336. The highest BCUT2D eigenvalue weighted by atomic mass is 17.2. The van der Waals surface area contributed by atoms with E-state index in [0.29, 0.717) is 12.3 Å². The van der Waals surface area contributed by atoms with Gasteiger partial charge in [0.05, 0.1) is 6.10 Å². The summed E-state index contributed by atoms with van der Waals surface area (Å²) in [4.78, 5) is 25.9. The summed E-state index contributed by atoms with van der Waals surface area (Å²) in [6.45, 7) is 2.15. The van der Waals surface area contributed by atoms with Crippen LogP contribution in [-0.2, 0) is 19.5 Å². The van der Waals surface area contributed by atoms with Gasteiger partial charge in [-0.25, -0.2) is 14.7 Å². The van der Waals surface area contributed by atoms with Crippen LogP contribution in [0.5, 0.6) is 0 Å². The van der Waals surface area contributed by atoms with Crippen molar-refractivity contribution in [3.63, 3.8) is 0 Å². The molecule has 1 saturated heterocycles. The van der Waals surface area contributed by atoms with Crippen LogP contribution >= 0.6 is 0 Å². The van der Waals surface area contributed by atoms with Gasteiger partial charge >= 0.3 is 5.97 Å². The fourth-order valence-electron chi connectivity index (χ4n) is 3.79. The van der Waals surface area contributed by atoms with Crippen molar-refractivity contribution in [1.82, 2.24) is 0 Å². The summed E-state index contributed by atoms with van der Waals surface area (Å²) in [5.41, 5.74) is 0. The van der Waals surface area contributed by atoms with Gasteiger partial charge in [0.15, 0.2) is 0 Å². The summed E-state index contributed by atoms with van der Waals surface area (Å²) >= 11 is 0. The first-order valence-electron chi connectivity index (χ1n) is 9.83. The van der Waals surface area contributed by atoms with Crippen molar-refractivity contribution in [2.45, 2.75) is 83.0 Å². The Bertz CT molecular complexity index is 475. The average Bonchev–Trinajstić information content (AvgIpc) is 3.22. The van der Waals surface area contributed by atoms with Crippen molar-refractivity contribution in [2.24, 2.45) is 11.8 Å². The summed E-state index contributed by atoms with van der Waals surface area (Å²) in [7, 11) is 0. The highest BCUT2D eigenvalue weighted by molar-refractivity contribution is 5.66. The molecule has 1 heterocycles. The number of hydrogen-bond donors (Lipinski definition) is 2. The predicted molar refractivity (Wildman–Crippen MR) is 97.4 cm³/mol. The monoisotopic (exact) mass is 368 g/mol. The molecular formula is C20H32O6. The van der Waals surface area contributed by atoms with E-state index < -0.39 is 5.97 Å². The van der Waals surface area contributed by atoms with Crippen molar-refractivity contribution >= 4 is 5.97 Å². The van der Waals surface area contributed by atoms with Crippen LogP contribution in [0.3, 0.4) is 0 Å². The van der Waals surface area contributed by atoms with Gasteiger partial charge in [-0.1, -0.05) is 50.5 Å². The Hall–Kier alpha value is -1.21. The van der Waals surface area contributed by atoms with Gasteiger partial charge in [0.25, 0.3) is 0 Å². The fraction of sp³-hybridized carbons (Fsp3) is 0.750. The maximum absolute atomic E-state index is 10.5. The van der Waals surface area contributed by atoms with Crippen molar-refractivity contribution in [1.29, 1.82) is 0 Å². The van der Waals surface area contributed by atoms with Crippen LogP contribution in [0.4, 0.5) is 0 Å². The van der Waals surface area contributed by atoms with E-state index >= 15 is 0 Å². The smallest absolute Gasteiger partial charge is 0.303 e. The third kappa shape index (κ3) is 6.50. The van der Waals surface area contributed by atoms with E-state index in [1.807, 2.05) is 6.08 Å². The average molecular weight is 368 g/mol. The SMILES string of the molecule is CCCCC[C@@H](C=C[C@@H]1[C@@H](CC=CCCCC(=O)O)[C@@H]2C[C@H]1OO2)OO. The second kappa shape index (κ2) is 11.5. The Morgan fingerprint density at radius 3 is 2.77 bits per heavy atom. The lowest BCUT2D eigenvalue weighted by Crippen LogP contribution is -2.29. The maximum Gasteiger partial charge on any atom is 0.303 e. The molecule has 2 bridgehead atoms. The summed E-state index contributed by atoms with van der Waals surface area (Å²) < 4.78 is 0. The third-order valence-corrected chi connectivity index (χ3v) is 5.28. The lowest BCUT2D eigenvalue weighted by Gasteiger charge is -2.27. The molecule has 0 aromatic rings. The molecule has 1 saturated carbocycles. The van der Waals surface area contributed by atoms with E-state index in [0.717, 1.165) is 44.9 Å². The van der Waals surface area contributed by atoms with Gasteiger partial charge < -0.3 is 5.11 Å². The normalized spacial score (nSPS) is 29.2. The summed E-state index contributed by atoms with van der Waals surface area (Å²) in [6, 6.07) is 0. The zero-order valence-corrected chi connectivity index (χ0v) is 15.6. The zero-order chi connectivity index (χ0) is 18.8. The van der Waals surface area contributed by atoms with Crippen molar-refractivity contribution < 1.29 is 29.8 Å². The molecule has 2 aliphatic rings. The number of hydrogen-bond acceptors (Lipinski definition) is 5. The van der Waals surface area contributed by atoms with Gasteiger partial charge in [-0.3, -0.25) is 10.1 Å². The Morgan fingerprint density at radius 1 is 1.23 bits per heavy atom. The van der Waals surface area contributed by atoms with E-state index in [1.54, 1.807) is 0 Å². The minimum Gasteiger partial charge on any atom is -0.481 e. The van der Waals surface area contributed by atoms with Crippen LogP contribution in [0, 0.1) is 11.8 Å². The summed E-state index contributed by atoms with van der Waals surface area (Å²) in [5.74, 6) is -0.154. The molecule has 2 fully saturated rings. The third-order valence-electron chi connectivity index (χ3n) is 5.28. The van der Waals surface area contributed by atoms with Gasteiger partial charge in [-0.05, 0) is 25.7 Å². The number of unbranched alkanes of at least 4 members (excludes halogenated alkanes) is 3. The molecule has 5 atom stereocenters. The van der Waals surface area contributed by atoms with Gasteiger partial charge in [0.2, 0.25) is 0 Å². The first-order chi connectivity index (χ1) is 12.7. The Balaban J connectivity index is 1.82. The first kappa shape index (κ1) is 21.1. The summed E-state index contributed by atoms with van der Waals surface area (Å²) in [5, 5.41) is 17.8. The number of fused-ring (bicyclic) bond motifs is 2. The van der Waals surface area contributed by atoms with E-state index in [4.69, 9.17) is 20.1 Å². The van der Waals surface area contributed by atoms with Gasteiger partial charge in [-0.15, -0.1) is 0 Å². The molecule has 0 aromatic heterocycles. The molecule has 0 radical (unpaired) electrons. The van der Waals surface area contributed by atoms with E-state index in [2.05, 4.69) is 30.0 Å². The quantitative estimate of drug-likeness (QED) is 0.215. The topological polar surface area (TPSA) is 85.2 Å². The Labute approximate surface area is 155 Å². The molecule has 148 valence electrons. The van der Waals surface area contributed by atoms with Crippen LogP contribution in [-0.4, -0.2) is 34.6 Å². The molecule has 1 aliphatic carbocycles. The molecule has 0 unspecified atom stereocenters. The van der Waals surface area contributed by atoms with E-state index in [1.165, 1.54) is 0 Å². The van der Waals surface area contributed by atoms with Crippen LogP contribution in [0.2, 0.25) is 0 Å². The fourth-order valence-corrected chi connectivity index (χ4v) is 3.79. The van der Waals surface area contributed by atoms with E-state index in [9.17, 15) is 4.79 Å². The van der Waals surface area contributed by atoms with Gasteiger partial charge in [0, 0.05) is 24.7 Å². The first-order valence-corrected chi connectivity index (χ1v) is 9.83. The molecule has 0 amide bonds. The highest BCUT2D eigenvalue weighted by Gasteiger charge is 2.49. The number of carboxylic acid groups (broad SMARTS) is 1. The Morgan fingerprint density at radius 2 is 2.04 bits per heavy atom. The molecule has 2 rings (SSSR count). The number of carbonyl (C=O) groups is 1. The van der Waals surface area contributed by atoms with E-state index in [-0.39, 0.29) is 30.7 Å². The predicted octanol–water partition coefficient (Wildman–Crippen LogP) is 4.52. The molecule has 26 heavy (non-hydrogen) atoms. The molecule has 6 heteroatoms. The second-order valence-electron chi connectivity index (χ2n) is 7.26. The van der Waals surface area contributed by atoms with Gasteiger partial charge in [-0.2, -0.15) is 0 Å². The molecule has 6 nitrogen and oxygen atoms in total. The summed E-state index contributed by atoms with van der Waals surface area (Å²) in [6.07, 6.45) is 15.7. The van der Waals surface area contributed by atoms with Crippen molar-refractivity contribution in [3.05, 3.63) is 24.3 Å². The maximum atomic E-state index is 10.5. The molecule has 2 N–H and O–H groups in total. The molecule has 0 spiro atoms. The minimum absolute atomic E-state index is 0.0663. The van der Waals surface area contributed by atoms with Crippen LogP contribution in [0.1, 0.15) is 64.7 Å². The molecule has 0 aromatic carbocycles. The van der Waals surface area contributed by atoms with Crippen LogP contribution in [0.15, 0.2) is 24.3 Å². The van der Waals surface area contributed by atoms with Crippen molar-refractivity contribution in [3.8, 4) is 0 Å². The second-order valence-corrected chi connectivity index (χ2v) is 7.26. The van der Waals surface area contributed by atoms with Crippen LogP contribution < -0.4 is 0 Å². The minimum atomic E-state index is -0.748. The number of allylic oxidation sites excluding steroid dienone is 2. The zero-order valence-electron chi connectivity index (χ0n) is 15.6. The molecule has 1 aliphatic heterocycles. The number of carboxylic acids is 1.